The van der Waals surface area contributed by atoms with E-state index in [1.165, 1.54) is 0 Å². The molecule has 4 aromatic carbocycles. The first-order chi connectivity index (χ1) is 21.1. The fourth-order valence-electron chi connectivity index (χ4n) is 6.64. The van der Waals surface area contributed by atoms with E-state index in [2.05, 4.69) is 39.4 Å². The number of para-hydroxylation sites is 2. The molecule has 0 saturated carbocycles. The first kappa shape index (κ1) is 25.6. The number of anilines is 1. The van der Waals surface area contributed by atoms with Gasteiger partial charge in [-0.05, 0) is 93.5 Å². The Hall–Kier alpha value is -5.08. The summed E-state index contributed by atoms with van der Waals surface area (Å²) in [4.78, 5) is 38.2. The second-order valence-electron chi connectivity index (χ2n) is 11.5. The first-order valence-electron chi connectivity index (χ1n) is 14.8. The van der Waals surface area contributed by atoms with Crippen molar-refractivity contribution in [3.63, 3.8) is 0 Å². The molecule has 4 heterocycles. The molecule has 8 heteroatoms. The smallest absolute Gasteiger partial charge is 0.199 e. The van der Waals surface area contributed by atoms with Crippen LogP contribution in [0.15, 0.2) is 95.0 Å². The molecule has 4 aromatic heterocycles. The zero-order valence-electron chi connectivity index (χ0n) is 23.9. The number of benzene rings is 4. The van der Waals surface area contributed by atoms with Gasteiger partial charge in [-0.15, -0.1) is 0 Å². The summed E-state index contributed by atoms with van der Waals surface area (Å²) in [6.45, 7) is 2.64. The van der Waals surface area contributed by atoms with E-state index in [1.807, 2.05) is 75.8 Å². The van der Waals surface area contributed by atoms with E-state index in [0.29, 0.717) is 10.8 Å². The van der Waals surface area contributed by atoms with Gasteiger partial charge in [-0.1, -0.05) is 24.3 Å². The average molecular weight is 567 g/mol. The molecule has 8 rings (SSSR count). The van der Waals surface area contributed by atoms with Gasteiger partial charge >= 0.3 is 0 Å². The third kappa shape index (κ3) is 4.09. The van der Waals surface area contributed by atoms with Gasteiger partial charge in [-0.25, -0.2) is 9.97 Å². The number of fused-ring (bicyclic) bond motifs is 4. The van der Waals surface area contributed by atoms with Crippen LogP contribution >= 0.6 is 0 Å². The molecular weight excluding hydrogens is 536 g/mol. The molecule has 0 aliphatic rings. The minimum Gasteiger partial charge on any atom is -0.384 e. The highest BCUT2D eigenvalue weighted by molar-refractivity contribution is 6.07. The molecule has 8 nitrogen and oxygen atoms in total. The van der Waals surface area contributed by atoms with Gasteiger partial charge in [0.25, 0.3) is 0 Å². The van der Waals surface area contributed by atoms with Gasteiger partial charge in [0.15, 0.2) is 10.9 Å². The third-order valence-corrected chi connectivity index (χ3v) is 8.74. The summed E-state index contributed by atoms with van der Waals surface area (Å²) >= 11 is 0. The van der Waals surface area contributed by atoms with Crippen molar-refractivity contribution in [3.05, 3.63) is 111 Å². The van der Waals surface area contributed by atoms with E-state index in [0.717, 1.165) is 94.0 Å². The molecule has 212 valence electrons. The minimum atomic E-state index is 0.0406. The number of nitrogens with zero attached hydrogens (tertiary/aromatic N) is 5. The van der Waals surface area contributed by atoms with Crippen LogP contribution in [0.3, 0.4) is 0 Å². The van der Waals surface area contributed by atoms with Crippen LogP contribution < -0.4 is 16.2 Å². The van der Waals surface area contributed by atoms with E-state index in [4.69, 9.17) is 0 Å². The van der Waals surface area contributed by atoms with Crippen LogP contribution in [0.5, 0.6) is 0 Å². The molecule has 0 saturated heterocycles. The molecule has 0 bridgehead atoms. The van der Waals surface area contributed by atoms with Crippen LogP contribution in [0.25, 0.3) is 54.6 Å². The summed E-state index contributed by atoms with van der Waals surface area (Å²) in [7, 11) is 2.14. The highest BCUT2D eigenvalue weighted by Gasteiger charge is 2.17. The molecule has 0 unspecified atom stereocenters. The largest absolute Gasteiger partial charge is 0.384 e. The number of aromatic nitrogens is 4. The molecule has 43 heavy (non-hydrogen) atoms. The Labute approximate surface area is 246 Å². The van der Waals surface area contributed by atoms with Gasteiger partial charge in [0, 0.05) is 28.4 Å². The van der Waals surface area contributed by atoms with Gasteiger partial charge < -0.3 is 10.2 Å². The molecule has 8 aromatic rings. The van der Waals surface area contributed by atoms with Crippen LogP contribution in [0.2, 0.25) is 0 Å². The molecular formula is C35H30N6O2. The van der Waals surface area contributed by atoms with Crippen LogP contribution in [-0.2, 0) is 6.42 Å². The van der Waals surface area contributed by atoms with E-state index in [-0.39, 0.29) is 10.9 Å². The van der Waals surface area contributed by atoms with Gasteiger partial charge in [-0.2, -0.15) is 0 Å². The molecule has 0 aliphatic heterocycles. The molecule has 0 atom stereocenters. The van der Waals surface area contributed by atoms with Gasteiger partial charge in [0.2, 0.25) is 0 Å². The predicted molar refractivity (Wildman–Crippen MR) is 174 cm³/mol. The van der Waals surface area contributed by atoms with Crippen molar-refractivity contribution in [2.24, 2.45) is 0 Å². The fourth-order valence-corrected chi connectivity index (χ4v) is 6.64. The number of rotatable bonds is 9. The zero-order chi connectivity index (χ0) is 29.1. The monoisotopic (exact) mass is 566 g/mol. The summed E-state index contributed by atoms with van der Waals surface area (Å²) in [5.74, 6) is 0. The quantitative estimate of drug-likeness (QED) is 0.182. The standard InChI is InChI=1S/C35H30N6O2/c1-39(16-6-8-22-18-25-32-28(19-22)38-21-40(32)29-11-4-2-9-23(29)34(25)42)17-7-15-36-26-13-14-27-33-31(26)35(43)24-10-3-5-12-30(24)41(33)20-37-27/h2-5,9-14,18-21,36H,6-8,15-17H2,1H3. The Morgan fingerprint density at radius 3 is 2.19 bits per heavy atom. The first-order valence-corrected chi connectivity index (χ1v) is 14.8. The van der Waals surface area contributed by atoms with E-state index < -0.39 is 0 Å². The maximum Gasteiger partial charge on any atom is 0.199 e. The van der Waals surface area contributed by atoms with E-state index >= 15 is 0 Å². The maximum atomic E-state index is 13.5. The maximum absolute atomic E-state index is 13.5. The van der Waals surface area contributed by atoms with E-state index in [1.54, 1.807) is 6.33 Å². The number of hydrogen-bond acceptors (Lipinski definition) is 6. The lowest BCUT2D eigenvalue weighted by atomic mass is 10.0. The van der Waals surface area contributed by atoms with Crippen LogP contribution in [0, 0.1) is 0 Å². The zero-order valence-corrected chi connectivity index (χ0v) is 23.9. The Morgan fingerprint density at radius 2 is 1.40 bits per heavy atom. The number of hydrogen-bond donors (Lipinski definition) is 1. The average Bonchev–Trinajstić information content (AvgIpc) is 3.66. The van der Waals surface area contributed by atoms with Crippen molar-refractivity contribution in [1.82, 2.24) is 23.7 Å². The van der Waals surface area contributed by atoms with Crippen molar-refractivity contribution in [1.29, 1.82) is 0 Å². The number of aryl methyl sites for hydroxylation is 1. The molecule has 0 spiro atoms. The second-order valence-corrected chi connectivity index (χ2v) is 11.5. The van der Waals surface area contributed by atoms with Crippen LogP contribution in [-0.4, -0.2) is 50.4 Å². The highest BCUT2D eigenvalue weighted by Crippen LogP contribution is 2.29. The Morgan fingerprint density at radius 1 is 0.721 bits per heavy atom. The molecule has 0 radical (unpaired) electrons. The molecule has 1 N–H and O–H groups in total. The summed E-state index contributed by atoms with van der Waals surface area (Å²) < 4.78 is 4.05. The van der Waals surface area contributed by atoms with Crippen LogP contribution in [0.4, 0.5) is 5.69 Å². The van der Waals surface area contributed by atoms with Crippen LogP contribution in [0.1, 0.15) is 18.4 Å². The second kappa shape index (κ2) is 10.0. The topological polar surface area (TPSA) is 84.0 Å². The minimum absolute atomic E-state index is 0.0406. The Bertz CT molecular complexity index is 2410. The number of nitrogens with one attached hydrogen (secondary N) is 1. The summed E-state index contributed by atoms with van der Waals surface area (Å²) in [6.07, 6.45) is 6.43. The highest BCUT2D eigenvalue weighted by atomic mass is 16.1. The molecule has 0 fully saturated rings. The summed E-state index contributed by atoms with van der Waals surface area (Å²) in [5, 5.41) is 6.39. The van der Waals surface area contributed by atoms with Gasteiger partial charge in [0.1, 0.15) is 12.7 Å². The Kier molecular flexibility index (Phi) is 5.97. The van der Waals surface area contributed by atoms with Crippen molar-refractivity contribution in [3.8, 4) is 0 Å². The lowest BCUT2D eigenvalue weighted by molar-refractivity contribution is 0.328. The SMILES string of the molecule is CN(CCCNc1ccc2ncn3c4ccccc4c(=O)c1c23)CCCc1cc2ncn3c4ccccc4c(=O)c(c1)c23. The molecule has 0 aliphatic carbocycles. The predicted octanol–water partition coefficient (Wildman–Crippen LogP) is 5.56. The third-order valence-electron chi connectivity index (χ3n) is 8.74. The number of pyridine rings is 2. The van der Waals surface area contributed by atoms with Crippen molar-refractivity contribution in [2.75, 3.05) is 32.0 Å². The van der Waals surface area contributed by atoms with Gasteiger partial charge in [0.05, 0.1) is 38.5 Å². The lowest BCUT2D eigenvalue weighted by Crippen LogP contribution is -2.23. The van der Waals surface area contributed by atoms with Crippen molar-refractivity contribution >= 4 is 60.3 Å². The normalized spacial score (nSPS) is 12.3. The van der Waals surface area contributed by atoms with E-state index in [9.17, 15) is 9.59 Å². The number of imidazole rings is 2. The summed E-state index contributed by atoms with van der Waals surface area (Å²) in [5.41, 5.74) is 7.37. The van der Waals surface area contributed by atoms with Gasteiger partial charge in [-0.3, -0.25) is 18.4 Å². The van der Waals surface area contributed by atoms with Crippen molar-refractivity contribution in [2.45, 2.75) is 19.3 Å². The fraction of sp³-hybridized carbons (Fsp3) is 0.200. The Balaban J connectivity index is 0.919. The summed E-state index contributed by atoms with van der Waals surface area (Å²) in [6, 6.07) is 23.6. The van der Waals surface area contributed by atoms with Crippen molar-refractivity contribution < 1.29 is 0 Å². The molecule has 0 amide bonds. The lowest BCUT2D eigenvalue weighted by Gasteiger charge is -2.17.